The average molecular weight is 380 g/mol. The summed E-state index contributed by atoms with van der Waals surface area (Å²) in [4.78, 5) is 4.88. The van der Waals surface area contributed by atoms with Gasteiger partial charge >= 0.3 is 0 Å². The van der Waals surface area contributed by atoms with E-state index in [1.54, 1.807) is 4.52 Å². The summed E-state index contributed by atoms with van der Waals surface area (Å²) in [5, 5.41) is 7.83. The molecular formula is C21H28N6O. The number of hydrogen-bond donors (Lipinski definition) is 3. The van der Waals surface area contributed by atoms with Gasteiger partial charge in [0.2, 0.25) is 0 Å². The number of nitrogens with one attached hydrogen (secondary N) is 1. The van der Waals surface area contributed by atoms with Gasteiger partial charge < -0.3 is 21.5 Å². The van der Waals surface area contributed by atoms with E-state index in [0.717, 1.165) is 54.1 Å². The zero-order valence-electron chi connectivity index (χ0n) is 16.4. The molecule has 5 N–H and O–H groups in total. The summed E-state index contributed by atoms with van der Waals surface area (Å²) >= 11 is 0. The van der Waals surface area contributed by atoms with Crippen molar-refractivity contribution in [3.63, 3.8) is 0 Å². The normalized spacial score (nSPS) is 19.9. The van der Waals surface area contributed by atoms with Crippen molar-refractivity contribution < 1.29 is 4.74 Å². The Hall–Kier alpha value is -2.80. The Labute approximate surface area is 165 Å². The lowest BCUT2D eigenvalue weighted by Gasteiger charge is -2.24. The Kier molecular flexibility index (Phi) is 5.09. The molecule has 3 aromatic rings. The van der Waals surface area contributed by atoms with E-state index in [2.05, 4.69) is 10.4 Å². The minimum absolute atomic E-state index is 0.122. The Morgan fingerprint density at radius 3 is 2.71 bits per heavy atom. The third kappa shape index (κ3) is 4.04. The zero-order valence-corrected chi connectivity index (χ0v) is 16.4. The molecule has 1 fully saturated rings. The molecule has 1 aliphatic rings. The summed E-state index contributed by atoms with van der Waals surface area (Å²) in [6.07, 6.45) is 6.34. The fourth-order valence-electron chi connectivity index (χ4n) is 3.79. The zero-order chi connectivity index (χ0) is 19.7. The summed E-state index contributed by atoms with van der Waals surface area (Å²) in [6.45, 7) is 4.02. The van der Waals surface area contributed by atoms with Crippen LogP contribution in [0.5, 0.6) is 5.75 Å². The molecule has 4 rings (SSSR count). The summed E-state index contributed by atoms with van der Waals surface area (Å²) in [7, 11) is 0. The molecule has 0 bridgehead atoms. The SMILES string of the molecule is CC(C)Oc1cccc(Nc2cc(N)nn3cc([C@H]4CC[C@H](N)CC4)nc23)c1. The first-order valence-electron chi connectivity index (χ1n) is 9.93. The van der Waals surface area contributed by atoms with Crippen LogP contribution in [0.1, 0.15) is 51.1 Å². The topological polar surface area (TPSA) is 103 Å². The Bertz CT molecular complexity index is 959. The molecule has 1 saturated carbocycles. The maximum Gasteiger partial charge on any atom is 0.177 e. The van der Waals surface area contributed by atoms with Crippen LogP contribution in [0, 0.1) is 0 Å². The number of nitrogen functional groups attached to an aromatic ring is 1. The monoisotopic (exact) mass is 380 g/mol. The Morgan fingerprint density at radius 2 is 1.96 bits per heavy atom. The van der Waals surface area contributed by atoms with Crippen molar-refractivity contribution in [1.82, 2.24) is 14.6 Å². The number of nitrogens with zero attached hydrogens (tertiary/aromatic N) is 3. The van der Waals surface area contributed by atoms with E-state index in [1.807, 2.05) is 50.4 Å². The van der Waals surface area contributed by atoms with Crippen molar-refractivity contribution in [1.29, 1.82) is 0 Å². The summed E-state index contributed by atoms with van der Waals surface area (Å²) in [5.41, 5.74) is 15.7. The van der Waals surface area contributed by atoms with Gasteiger partial charge in [-0.2, -0.15) is 0 Å². The predicted octanol–water partition coefficient (Wildman–Crippen LogP) is 3.83. The second kappa shape index (κ2) is 7.67. The van der Waals surface area contributed by atoms with Gasteiger partial charge in [-0.1, -0.05) is 6.07 Å². The Morgan fingerprint density at radius 1 is 1.18 bits per heavy atom. The Balaban J connectivity index is 1.63. The van der Waals surface area contributed by atoms with Crippen molar-refractivity contribution in [3.8, 4) is 5.75 Å². The quantitative estimate of drug-likeness (QED) is 0.621. The van der Waals surface area contributed by atoms with Crippen LogP contribution in [0.4, 0.5) is 17.2 Å². The van der Waals surface area contributed by atoms with Gasteiger partial charge in [0, 0.05) is 29.8 Å². The van der Waals surface area contributed by atoms with Crippen LogP contribution in [0.15, 0.2) is 36.5 Å². The number of ether oxygens (including phenoxy) is 1. The standard InChI is InChI=1S/C21H28N6O/c1-13(2)28-17-5-3-4-16(10-17)24-18-11-20(23)26-27-12-19(25-21(18)27)14-6-8-15(22)9-7-14/h3-5,10-15,24H,6-9,22H2,1-2H3,(H2,23,26)/t14-,15-. The van der Waals surface area contributed by atoms with E-state index in [0.29, 0.717) is 17.8 Å². The fraction of sp³-hybridized carbons (Fsp3) is 0.429. The predicted molar refractivity (Wildman–Crippen MR) is 112 cm³/mol. The molecule has 2 heterocycles. The van der Waals surface area contributed by atoms with Crippen molar-refractivity contribution in [2.45, 2.75) is 57.6 Å². The lowest BCUT2D eigenvalue weighted by atomic mass is 9.85. The first kappa shape index (κ1) is 18.6. The highest BCUT2D eigenvalue weighted by Gasteiger charge is 2.23. The summed E-state index contributed by atoms with van der Waals surface area (Å²) < 4.78 is 7.56. The number of hydrogen-bond acceptors (Lipinski definition) is 6. The second-order valence-electron chi connectivity index (χ2n) is 7.85. The largest absolute Gasteiger partial charge is 0.491 e. The number of imidazole rings is 1. The molecule has 0 spiro atoms. The third-order valence-electron chi connectivity index (χ3n) is 5.14. The summed E-state index contributed by atoms with van der Waals surface area (Å²) in [5.74, 6) is 1.69. The molecule has 1 aromatic carbocycles. The molecule has 148 valence electrons. The minimum atomic E-state index is 0.122. The molecule has 0 saturated heterocycles. The van der Waals surface area contributed by atoms with Crippen LogP contribution in [0.2, 0.25) is 0 Å². The van der Waals surface area contributed by atoms with Crippen LogP contribution in [0.3, 0.4) is 0 Å². The molecule has 0 unspecified atom stereocenters. The van der Waals surface area contributed by atoms with E-state index >= 15 is 0 Å². The van der Waals surface area contributed by atoms with Gasteiger partial charge in [-0.3, -0.25) is 0 Å². The molecule has 1 aliphatic carbocycles. The molecule has 0 amide bonds. The van der Waals surface area contributed by atoms with E-state index in [9.17, 15) is 0 Å². The molecule has 28 heavy (non-hydrogen) atoms. The third-order valence-corrected chi connectivity index (χ3v) is 5.14. The lowest BCUT2D eigenvalue weighted by Crippen LogP contribution is -2.25. The van der Waals surface area contributed by atoms with Crippen molar-refractivity contribution >= 4 is 22.8 Å². The second-order valence-corrected chi connectivity index (χ2v) is 7.85. The maximum atomic E-state index is 6.05. The molecule has 7 nitrogen and oxygen atoms in total. The van der Waals surface area contributed by atoms with E-state index < -0.39 is 0 Å². The van der Waals surface area contributed by atoms with Gasteiger partial charge in [-0.25, -0.2) is 9.50 Å². The molecule has 0 atom stereocenters. The van der Waals surface area contributed by atoms with Crippen LogP contribution in [-0.2, 0) is 0 Å². The molecular weight excluding hydrogens is 352 g/mol. The first-order valence-corrected chi connectivity index (χ1v) is 9.93. The molecule has 0 radical (unpaired) electrons. The van der Waals surface area contributed by atoms with Crippen LogP contribution < -0.4 is 21.5 Å². The maximum absolute atomic E-state index is 6.05. The van der Waals surface area contributed by atoms with Gasteiger partial charge in [0.05, 0.1) is 23.7 Å². The van der Waals surface area contributed by atoms with Gasteiger partial charge in [-0.15, -0.1) is 5.10 Å². The van der Waals surface area contributed by atoms with Crippen molar-refractivity contribution in [2.75, 3.05) is 11.1 Å². The van der Waals surface area contributed by atoms with Gasteiger partial charge in [-0.05, 0) is 51.7 Å². The molecule has 7 heteroatoms. The van der Waals surface area contributed by atoms with Crippen molar-refractivity contribution in [2.24, 2.45) is 5.73 Å². The number of aromatic nitrogens is 3. The number of nitrogens with two attached hydrogens (primary N) is 2. The van der Waals surface area contributed by atoms with Crippen LogP contribution >= 0.6 is 0 Å². The smallest absolute Gasteiger partial charge is 0.177 e. The highest BCUT2D eigenvalue weighted by Crippen LogP contribution is 2.33. The number of rotatable bonds is 5. The first-order chi connectivity index (χ1) is 13.5. The van der Waals surface area contributed by atoms with E-state index in [-0.39, 0.29) is 6.10 Å². The average Bonchev–Trinajstić information content (AvgIpc) is 3.06. The van der Waals surface area contributed by atoms with Gasteiger partial charge in [0.15, 0.2) is 5.65 Å². The summed E-state index contributed by atoms with van der Waals surface area (Å²) in [6, 6.07) is 10.0. The van der Waals surface area contributed by atoms with Gasteiger partial charge in [0.1, 0.15) is 11.6 Å². The lowest BCUT2D eigenvalue weighted by molar-refractivity contribution is 0.242. The highest BCUT2D eigenvalue weighted by atomic mass is 16.5. The molecule has 0 aliphatic heterocycles. The number of anilines is 3. The van der Waals surface area contributed by atoms with Crippen molar-refractivity contribution in [3.05, 3.63) is 42.2 Å². The number of fused-ring (bicyclic) bond motifs is 1. The highest BCUT2D eigenvalue weighted by molar-refractivity contribution is 5.76. The fourth-order valence-corrected chi connectivity index (χ4v) is 3.79. The minimum Gasteiger partial charge on any atom is -0.491 e. The van der Waals surface area contributed by atoms with E-state index in [1.165, 1.54) is 0 Å². The van der Waals surface area contributed by atoms with Gasteiger partial charge in [0.25, 0.3) is 0 Å². The van der Waals surface area contributed by atoms with Crippen LogP contribution in [-0.4, -0.2) is 26.7 Å². The number of benzene rings is 1. The molecule has 2 aromatic heterocycles. The van der Waals surface area contributed by atoms with Crippen LogP contribution in [0.25, 0.3) is 5.65 Å². The van der Waals surface area contributed by atoms with E-state index in [4.69, 9.17) is 21.2 Å².